The highest BCUT2D eigenvalue weighted by Gasteiger charge is 2.41. The molecule has 4 rings (SSSR count). The fraction of sp³-hybridized carbons (Fsp3) is 0.650. The second kappa shape index (κ2) is 7.75. The number of likely N-dealkylation sites (tertiary alicyclic amines) is 1. The molecule has 1 saturated carbocycles. The molecule has 3 fully saturated rings. The minimum Gasteiger partial charge on any atom is -0.373 e. The predicted octanol–water partition coefficient (Wildman–Crippen LogP) is 1.95. The molecule has 2 heterocycles. The summed E-state index contributed by atoms with van der Waals surface area (Å²) in [5, 5.41) is 3.48. The normalized spacial score (nSPS) is 27.4. The maximum Gasteiger partial charge on any atom is 0.194 e. The first kappa shape index (κ1) is 16.9. The van der Waals surface area contributed by atoms with Crippen molar-refractivity contribution in [2.45, 2.75) is 38.5 Å². The summed E-state index contributed by atoms with van der Waals surface area (Å²) >= 11 is 0. The van der Waals surface area contributed by atoms with Gasteiger partial charge >= 0.3 is 0 Å². The number of hydrogen-bond acceptors (Lipinski definition) is 3. The summed E-state index contributed by atoms with van der Waals surface area (Å²) in [5.41, 5.74) is 1.39. The molecule has 0 radical (unpaired) electrons. The zero-order valence-corrected chi connectivity index (χ0v) is 15.2. The molecular formula is C20H30N4O. The van der Waals surface area contributed by atoms with Crippen molar-refractivity contribution in [3.05, 3.63) is 35.9 Å². The van der Waals surface area contributed by atoms with Crippen LogP contribution in [0.4, 0.5) is 0 Å². The molecule has 2 atom stereocenters. The number of benzene rings is 1. The van der Waals surface area contributed by atoms with Gasteiger partial charge in [0.25, 0.3) is 0 Å². The number of hydrogen-bond donors (Lipinski definition) is 1. The number of nitrogens with one attached hydrogen (secondary N) is 1. The Morgan fingerprint density at radius 2 is 2.08 bits per heavy atom. The molecule has 25 heavy (non-hydrogen) atoms. The zero-order chi connectivity index (χ0) is 17.1. The van der Waals surface area contributed by atoms with E-state index in [1.807, 2.05) is 0 Å². The van der Waals surface area contributed by atoms with Gasteiger partial charge in [-0.2, -0.15) is 0 Å². The first-order valence-electron chi connectivity index (χ1n) is 9.76. The third-order valence-electron chi connectivity index (χ3n) is 5.48. The number of nitrogens with zero attached hydrogens (tertiary/aromatic N) is 3. The van der Waals surface area contributed by atoms with Crippen LogP contribution in [-0.4, -0.2) is 67.2 Å². The van der Waals surface area contributed by atoms with Crippen LogP contribution in [0.2, 0.25) is 0 Å². The van der Waals surface area contributed by atoms with Gasteiger partial charge in [-0.25, -0.2) is 0 Å². The van der Waals surface area contributed by atoms with Crippen LogP contribution < -0.4 is 5.32 Å². The van der Waals surface area contributed by atoms with Gasteiger partial charge in [-0.15, -0.1) is 0 Å². The largest absolute Gasteiger partial charge is 0.373 e. The minimum atomic E-state index is 0.294. The summed E-state index contributed by atoms with van der Waals surface area (Å²) in [7, 11) is 0. The molecular weight excluding hydrogens is 312 g/mol. The first-order valence-corrected chi connectivity index (χ1v) is 9.76. The predicted molar refractivity (Wildman–Crippen MR) is 101 cm³/mol. The van der Waals surface area contributed by atoms with Crippen LogP contribution in [0.25, 0.3) is 0 Å². The topological polar surface area (TPSA) is 40.1 Å². The van der Waals surface area contributed by atoms with Gasteiger partial charge in [0.2, 0.25) is 0 Å². The monoisotopic (exact) mass is 342 g/mol. The van der Waals surface area contributed by atoms with Crippen molar-refractivity contribution < 1.29 is 4.74 Å². The SMILES string of the molecule is CCNC(=NCC1CC1)N1CC2OCCN(Cc3ccccc3)C2C1. The molecule has 2 unspecified atom stereocenters. The van der Waals surface area contributed by atoms with Crippen LogP contribution in [0.15, 0.2) is 35.3 Å². The molecule has 2 aliphatic heterocycles. The molecule has 0 amide bonds. The number of guanidine groups is 1. The van der Waals surface area contributed by atoms with Crippen molar-refractivity contribution in [1.82, 2.24) is 15.1 Å². The lowest BCUT2D eigenvalue weighted by Gasteiger charge is -2.36. The molecule has 1 N–H and O–H groups in total. The van der Waals surface area contributed by atoms with E-state index in [1.54, 1.807) is 0 Å². The van der Waals surface area contributed by atoms with Crippen LogP contribution in [0, 0.1) is 5.92 Å². The molecule has 0 aromatic heterocycles. The molecule has 0 bridgehead atoms. The standard InChI is InChI=1S/C20H30N4O/c1-2-21-20(22-12-16-8-9-16)24-14-18-19(15-24)25-11-10-23(18)13-17-6-4-3-5-7-17/h3-7,16,18-19H,2,8-15H2,1H3,(H,21,22). The Morgan fingerprint density at radius 1 is 1.24 bits per heavy atom. The van der Waals surface area contributed by atoms with E-state index >= 15 is 0 Å². The maximum atomic E-state index is 6.10. The highest BCUT2D eigenvalue weighted by Crippen LogP contribution is 2.29. The number of aliphatic imine (C=N–C) groups is 1. The molecule has 1 aromatic carbocycles. The zero-order valence-electron chi connectivity index (χ0n) is 15.2. The third-order valence-corrected chi connectivity index (χ3v) is 5.48. The lowest BCUT2D eigenvalue weighted by Crippen LogP contribution is -2.50. The number of morpholine rings is 1. The lowest BCUT2D eigenvalue weighted by atomic mass is 10.1. The summed E-state index contributed by atoms with van der Waals surface area (Å²) in [6.07, 6.45) is 2.99. The molecule has 5 heteroatoms. The van der Waals surface area contributed by atoms with Gasteiger partial charge in [-0.3, -0.25) is 9.89 Å². The highest BCUT2D eigenvalue weighted by atomic mass is 16.5. The summed E-state index contributed by atoms with van der Waals surface area (Å²) in [6.45, 7) is 8.85. The molecule has 136 valence electrons. The molecule has 2 saturated heterocycles. The summed E-state index contributed by atoms with van der Waals surface area (Å²) in [5.74, 6) is 1.90. The molecule has 3 aliphatic rings. The van der Waals surface area contributed by atoms with E-state index < -0.39 is 0 Å². The van der Waals surface area contributed by atoms with E-state index in [0.717, 1.165) is 57.8 Å². The van der Waals surface area contributed by atoms with Gasteiger partial charge in [-0.05, 0) is 31.2 Å². The van der Waals surface area contributed by atoms with E-state index in [2.05, 4.69) is 52.4 Å². The van der Waals surface area contributed by atoms with Crippen LogP contribution in [0.3, 0.4) is 0 Å². The lowest BCUT2D eigenvalue weighted by molar-refractivity contribution is -0.0502. The van der Waals surface area contributed by atoms with Gasteiger partial charge in [0.15, 0.2) is 5.96 Å². The third kappa shape index (κ3) is 4.15. The molecule has 0 spiro atoms. The van der Waals surface area contributed by atoms with Gasteiger partial charge in [-0.1, -0.05) is 30.3 Å². The molecule has 1 aromatic rings. The van der Waals surface area contributed by atoms with E-state index in [1.165, 1.54) is 18.4 Å². The summed E-state index contributed by atoms with van der Waals surface area (Å²) in [6, 6.07) is 11.2. The summed E-state index contributed by atoms with van der Waals surface area (Å²) < 4.78 is 6.10. The highest BCUT2D eigenvalue weighted by molar-refractivity contribution is 5.80. The fourth-order valence-electron chi connectivity index (χ4n) is 3.89. The second-order valence-electron chi connectivity index (χ2n) is 7.48. The van der Waals surface area contributed by atoms with E-state index in [4.69, 9.17) is 9.73 Å². The Bertz CT molecular complexity index is 587. The Hall–Kier alpha value is -1.59. The molecule has 1 aliphatic carbocycles. The van der Waals surface area contributed by atoms with Crippen molar-refractivity contribution in [1.29, 1.82) is 0 Å². The van der Waals surface area contributed by atoms with Crippen molar-refractivity contribution >= 4 is 5.96 Å². The van der Waals surface area contributed by atoms with Gasteiger partial charge in [0.1, 0.15) is 0 Å². The first-order chi connectivity index (χ1) is 12.3. The van der Waals surface area contributed by atoms with Crippen LogP contribution in [-0.2, 0) is 11.3 Å². The average Bonchev–Trinajstić information content (AvgIpc) is 3.36. The van der Waals surface area contributed by atoms with Gasteiger partial charge in [0, 0.05) is 39.3 Å². The number of rotatable bonds is 5. The quantitative estimate of drug-likeness (QED) is 0.656. The Labute approximate surface area is 151 Å². The second-order valence-corrected chi connectivity index (χ2v) is 7.48. The van der Waals surface area contributed by atoms with Crippen molar-refractivity contribution in [3.63, 3.8) is 0 Å². The Morgan fingerprint density at radius 3 is 2.84 bits per heavy atom. The molecule has 5 nitrogen and oxygen atoms in total. The average molecular weight is 342 g/mol. The van der Waals surface area contributed by atoms with E-state index in [9.17, 15) is 0 Å². The minimum absolute atomic E-state index is 0.294. The van der Waals surface area contributed by atoms with Crippen LogP contribution >= 0.6 is 0 Å². The fourth-order valence-corrected chi connectivity index (χ4v) is 3.89. The maximum absolute atomic E-state index is 6.10. The van der Waals surface area contributed by atoms with Crippen LogP contribution in [0.5, 0.6) is 0 Å². The van der Waals surface area contributed by atoms with E-state index in [-0.39, 0.29) is 0 Å². The summed E-state index contributed by atoms with van der Waals surface area (Å²) in [4.78, 5) is 9.88. The van der Waals surface area contributed by atoms with Crippen molar-refractivity contribution in [3.8, 4) is 0 Å². The van der Waals surface area contributed by atoms with Crippen molar-refractivity contribution in [2.24, 2.45) is 10.9 Å². The Balaban J connectivity index is 1.43. The van der Waals surface area contributed by atoms with Gasteiger partial charge in [0.05, 0.1) is 18.8 Å². The smallest absolute Gasteiger partial charge is 0.194 e. The number of ether oxygens (including phenoxy) is 1. The van der Waals surface area contributed by atoms with Gasteiger partial charge < -0.3 is 15.0 Å². The van der Waals surface area contributed by atoms with Crippen molar-refractivity contribution in [2.75, 3.05) is 39.3 Å². The number of fused-ring (bicyclic) bond motifs is 1. The van der Waals surface area contributed by atoms with Crippen LogP contribution in [0.1, 0.15) is 25.3 Å². The van der Waals surface area contributed by atoms with E-state index in [0.29, 0.717) is 12.1 Å². The Kier molecular flexibility index (Phi) is 5.22.